The van der Waals surface area contributed by atoms with E-state index in [2.05, 4.69) is 0 Å². The molecule has 0 amide bonds. The lowest BCUT2D eigenvalue weighted by molar-refractivity contribution is -0.0684. The van der Waals surface area contributed by atoms with E-state index in [4.69, 9.17) is 64.5 Å². The lowest BCUT2D eigenvalue weighted by Crippen LogP contribution is -2.34. The Morgan fingerprint density at radius 1 is 0.386 bits per heavy atom. The highest BCUT2D eigenvalue weighted by Gasteiger charge is 2.15. The van der Waals surface area contributed by atoms with Crippen molar-refractivity contribution in [1.82, 2.24) is 0 Å². The number of rotatable bonds is 21. The maximum atomic E-state index is 9.03. The van der Waals surface area contributed by atoms with Crippen molar-refractivity contribution in [2.24, 2.45) is 0 Å². The fourth-order valence-corrected chi connectivity index (χ4v) is 2.08. The van der Waals surface area contributed by atoms with Gasteiger partial charge in [-0.2, -0.15) is 0 Å². The third-order valence-corrected chi connectivity index (χ3v) is 4.36. The van der Waals surface area contributed by atoms with E-state index in [9.17, 15) is 0 Å². The van der Waals surface area contributed by atoms with Gasteiger partial charge in [-0.3, -0.25) is 0 Å². The van der Waals surface area contributed by atoms with Crippen LogP contribution in [0.3, 0.4) is 0 Å². The van der Waals surface area contributed by atoms with Crippen LogP contribution in [0.1, 0.15) is 88.5 Å². The van der Waals surface area contributed by atoms with Gasteiger partial charge in [0.15, 0.2) is 0 Å². The molecule has 0 fully saturated rings. The summed E-state index contributed by atoms with van der Waals surface area (Å²) >= 11 is 0. The van der Waals surface area contributed by atoms with E-state index >= 15 is 0 Å². The molecule has 0 heterocycles. The highest BCUT2D eigenvalue weighted by atomic mass is 16.5. The molecular formula is C31H72O13. The topological polar surface area (TPSA) is 208 Å². The fraction of sp³-hybridized carbons (Fsp3) is 1.00. The van der Waals surface area contributed by atoms with Crippen LogP contribution in [0, 0.1) is 0 Å². The second-order valence-electron chi connectivity index (χ2n) is 10.9. The van der Waals surface area contributed by atoms with E-state index in [0.29, 0.717) is 25.4 Å². The Balaban J connectivity index is -0.000000145. The first-order valence-corrected chi connectivity index (χ1v) is 15.7. The molecule has 0 rings (SSSR count). The van der Waals surface area contributed by atoms with Gasteiger partial charge in [0.05, 0.1) is 70.2 Å². The van der Waals surface area contributed by atoms with Crippen molar-refractivity contribution < 1.29 is 64.5 Å². The van der Waals surface area contributed by atoms with Gasteiger partial charge >= 0.3 is 0 Å². The van der Waals surface area contributed by atoms with Gasteiger partial charge in [-0.15, -0.1) is 0 Å². The molecule has 3 unspecified atom stereocenters. The lowest BCUT2D eigenvalue weighted by Gasteiger charge is -2.16. The minimum Gasteiger partial charge on any atom is -0.396 e. The average molecular weight is 653 g/mol. The summed E-state index contributed by atoms with van der Waals surface area (Å²) in [6, 6.07) is 0. The highest BCUT2D eigenvalue weighted by Crippen LogP contribution is 1.96. The third-order valence-electron chi connectivity index (χ3n) is 4.36. The van der Waals surface area contributed by atoms with E-state index < -0.39 is 24.9 Å². The van der Waals surface area contributed by atoms with Crippen molar-refractivity contribution in [2.75, 3.05) is 66.1 Å². The monoisotopic (exact) mass is 652 g/mol. The van der Waals surface area contributed by atoms with Crippen molar-refractivity contribution in [3.63, 3.8) is 0 Å². The zero-order chi connectivity index (χ0) is 35.3. The van der Waals surface area contributed by atoms with Gasteiger partial charge in [0, 0.05) is 26.4 Å². The van der Waals surface area contributed by atoms with Crippen LogP contribution in [0.15, 0.2) is 0 Å². The average Bonchev–Trinajstić information content (AvgIpc) is 2.96. The standard InChI is InChI=1S/C7H16O4.C7H16O2.C6H14O3.C6H14O2.C5H12O2/c1-5(2)11-4-7(10)6(9)3-8;1-7(2)9-6-4-3-5-8;1-5(2)9-4-6(8)3-7;1-6(2)8-5-3-4-7;1-5(2)7-4-3-6/h5-10H,3-4H2,1-2H3;7-8H,3-6H2,1-2H3;5-8H,3-4H2,1-2H3;6-7H,3-5H2,1-2H3;5-6H,3-4H2,1-2H3. The van der Waals surface area contributed by atoms with E-state index in [1.165, 1.54) is 0 Å². The number of hydrogen-bond acceptors (Lipinski definition) is 13. The van der Waals surface area contributed by atoms with Gasteiger partial charge in [0.25, 0.3) is 0 Å². The molecule has 0 radical (unpaired) electrons. The molecule has 13 heteroatoms. The first-order valence-electron chi connectivity index (χ1n) is 15.7. The molecule has 8 N–H and O–H groups in total. The zero-order valence-electron chi connectivity index (χ0n) is 29.4. The molecule has 13 nitrogen and oxygen atoms in total. The van der Waals surface area contributed by atoms with Crippen LogP contribution in [-0.4, -0.2) is 156 Å². The maximum Gasteiger partial charge on any atom is 0.105 e. The van der Waals surface area contributed by atoms with Gasteiger partial charge < -0.3 is 64.5 Å². The van der Waals surface area contributed by atoms with Crippen molar-refractivity contribution in [3.8, 4) is 0 Å². The lowest BCUT2D eigenvalue weighted by atomic mass is 10.2. The van der Waals surface area contributed by atoms with Crippen LogP contribution in [-0.2, 0) is 23.7 Å². The van der Waals surface area contributed by atoms with Gasteiger partial charge in [-0.1, -0.05) is 0 Å². The van der Waals surface area contributed by atoms with Crippen LogP contribution in [0.5, 0.6) is 0 Å². The van der Waals surface area contributed by atoms with E-state index in [-0.39, 0.29) is 58.0 Å². The minimum atomic E-state index is -1.10. The Morgan fingerprint density at radius 2 is 0.773 bits per heavy atom. The van der Waals surface area contributed by atoms with Crippen molar-refractivity contribution in [1.29, 1.82) is 0 Å². The third kappa shape index (κ3) is 64.4. The summed E-state index contributed by atoms with van der Waals surface area (Å²) in [6.07, 6.45) is 0.738. The quantitative estimate of drug-likeness (QED) is 0.0823. The Hall–Kier alpha value is -0.520. The zero-order valence-corrected chi connectivity index (χ0v) is 29.4. The van der Waals surface area contributed by atoms with Crippen molar-refractivity contribution in [2.45, 2.75) is 137 Å². The maximum absolute atomic E-state index is 9.03. The Labute approximate surface area is 268 Å². The molecule has 0 saturated carbocycles. The predicted molar refractivity (Wildman–Crippen MR) is 173 cm³/mol. The Morgan fingerprint density at radius 3 is 1.09 bits per heavy atom. The van der Waals surface area contributed by atoms with Crippen LogP contribution >= 0.6 is 0 Å². The van der Waals surface area contributed by atoms with E-state index in [1.807, 2.05) is 69.2 Å². The van der Waals surface area contributed by atoms with Crippen LogP contribution in [0.2, 0.25) is 0 Å². The van der Waals surface area contributed by atoms with Gasteiger partial charge in [0.1, 0.15) is 18.3 Å². The second kappa shape index (κ2) is 42.5. The Bertz CT molecular complexity index is 481. The first kappa shape index (κ1) is 53.0. The molecule has 0 saturated heterocycles. The molecule has 0 spiro atoms. The summed E-state index contributed by atoms with van der Waals surface area (Å²) in [5, 5.41) is 68.2. The summed E-state index contributed by atoms with van der Waals surface area (Å²) in [5.41, 5.74) is 0. The SMILES string of the molecule is CC(C)OCC(O)C(O)CO.CC(C)OCC(O)CO.CC(C)OCCCCO.CC(C)OCCCO.CC(C)OCCO. The van der Waals surface area contributed by atoms with Gasteiger partial charge in [-0.25, -0.2) is 0 Å². The Kier molecular flexibility index (Phi) is 51.2. The molecule has 44 heavy (non-hydrogen) atoms. The van der Waals surface area contributed by atoms with Gasteiger partial charge in [-0.05, 0) is 88.5 Å². The molecule has 0 aromatic carbocycles. The summed E-state index contributed by atoms with van der Waals surface area (Å²) < 4.78 is 25.3. The van der Waals surface area contributed by atoms with Crippen LogP contribution in [0.4, 0.5) is 0 Å². The molecule has 0 aromatic rings. The summed E-state index contributed by atoms with van der Waals surface area (Å²) in [6.45, 7) is 21.4. The summed E-state index contributed by atoms with van der Waals surface area (Å²) in [5.74, 6) is 0. The van der Waals surface area contributed by atoms with Gasteiger partial charge in [0.2, 0.25) is 0 Å². The van der Waals surface area contributed by atoms with Crippen molar-refractivity contribution in [3.05, 3.63) is 0 Å². The smallest absolute Gasteiger partial charge is 0.105 e. The predicted octanol–water partition coefficient (Wildman–Crippen LogP) is 1.27. The second-order valence-corrected chi connectivity index (χ2v) is 10.9. The van der Waals surface area contributed by atoms with Crippen LogP contribution < -0.4 is 0 Å². The van der Waals surface area contributed by atoms with E-state index in [1.54, 1.807) is 0 Å². The number of ether oxygens (including phenoxy) is 5. The first-order chi connectivity index (χ1) is 20.5. The van der Waals surface area contributed by atoms with Crippen LogP contribution in [0.25, 0.3) is 0 Å². The molecular weight excluding hydrogens is 580 g/mol. The number of aliphatic hydroxyl groups excluding tert-OH is 8. The highest BCUT2D eigenvalue weighted by molar-refractivity contribution is 4.64. The normalized spacial score (nSPS) is 12.9. The molecule has 0 aliphatic heterocycles. The number of unbranched alkanes of at least 4 members (excludes halogenated alkanes) is 1. The minimum absolute atomic E-state index is 0.0237. The largest absolute Gasteiger partial charge is 0.396 e. The summed E-state index contributed by atoms with van der Waals surface area (Å²) in [7, 11) is 0. The molecule has 0 bridgehead atoms. The number of aliphatic hydroxyl groups is 8. The fourth-order valence-electron chi connectivity index (χ4n) is 2.08. The molecule has 0 aromatic heterocycles. The molecule has 3 atom stereocenters. The number of hydrogen-bond donors (Lipinski definition) is 8. The molecule has 274 valence electrons. The van der Waals surface area contributed by atoms with E-state index in [0.717, 1.165) is 25.9 Å². The molecule has 0 aliphatic rings. The van der Waals surface area contributed by atoms with Crippen molar-refractivity contribution >= 4 is 0 Å². The molecule has 0 aliphatic carbocycles. The summed E-state index contributed by atoms with van der Waals surface area (Å²) in [4.78, 5) is 0.